The Hall–Kier alpha value is -2.67. The molecule has 92 valence electrons. The van der Waals surface area contributed by atoms with E-state index in [1.54, 1.807) is 12.4 Å². The highest BCUT2D eigenvalue weighted by molar-refractivity contribution is 5.66. The van der Waals surface area contributed by atoms with Crippen molar-refractivity contribution in [3.05, 3.63) is 54.1 Å². The number of hydrogen-bond donors (Lipinski definition) is 0. The van der Waals surface area contributed by atoms with Crippen molar-refractivity contribution in [3.63, 3.8) is 0 Å². The van der Waals surface area contributed by atoms with Crippen molar-refractivity contribution in [2.45, 2.75) is 13.3 Å². The van der Waals surface area contributed by atoms with E-state index in [1.165, 1.54) is 0 Å². The van der Waals surface area contributed by atoms with Crippen molar-refractivity contribution in [1.29, 1.82) is 5.26 Å². The molecule has 3 aromatic heterocycles. The van der Waals surface area contributed by atoms with Gasteiger partial charge in [0.25, 0.3) is 0 Å². The number of aromatic nitrogens is 3. The van der Waals surface area contributed by atoms with Crippen LogP contribution >= 0.6 is 0 Å². The van der Waals surface area contributed by atoms with Crippen LogP contribution in [0.1, 0.15) is 11.3 Å². The van der Waals surface area contributed by atoms with E-state index in [4.69, 9.17) is 5.26 Å². The maximum atomic E-state index is 9.03. The molecule has 4 nitrogen and oxygen atoms in total. The number of nitrogens with zero attached hydrogens (tertiary/aromatic N) is 4. The van der Waals surface area contributed by atoms with Crippen LogP contribution in [0.25, 0.3) is 16.9 Å². The highest BCUT2D eigenvalue weighted by Crippen LogP contribution is 2.24. The van der Waals surface area contributed by atoms with Gasteiger partial charge in [-0.3, -0.25) is 4.98 Å². The van der Waals surface area contributed by atoms with E-state index >= 15 is 0 Å². The Labute approximate surface area is 111 Å². The Bertz CT molecular complexity index is 766. The van der Waals surface area contributed by atoms with Crippen LogP contribution in [0.5, 0.6) is 0 Å². The number of pyridine rings is 2. The van der Waals surface area contributed by atoms with E-state index in [-0.39, 0.29) is 0 Å². The molecule has 0 amide bonds. The minimum atomic E-state index is 0.328. The molecule has 0 saturated heterocycles. The summed E-state index contributed by atoms with van der Waals surface area (Å²) in [6.07, 6.45) is 5.84. The van der Waals surface area contributed by atoms with E-state index in [2.05, 4.69) is 16.0 Å². The summed E-state index contributed by atoms with van der Waals surface area (Å²) in [5.74, 6) is 0. The summed E-state index contributed by atoms with van der Waals surface area (Å²) in [7, 11) is 0. The summed E-state index contributed by atoms with van der Waals surface area (Å²) in [5, 5.41) is 9.03. The van der Waals surface area contributed by atoms with Crippen molar-refractivity contribution < 1.29 is 0 Å². The van der Waals surface area contributed by atoms with E-state index < -0.39 is 0 Å². The number of hydrogen-bond acceptors (Lipinski definition) is 3. The van der Waals surface area contributed by atoms with Crippen LogP contribution in [0.2, 0.25) is 0 Å². The molecule has 0 unspecified atom stereocenters. The summed E-state index contributed by atoms with van der Waals surface area (Å²) in [5.41, 5.74) is 4.68. The molecule has 0 saturated carbocycles. The van der Waals surface area contributed by atoms with E-state index in [0.29, 0.717) is 6.42 Å². The zero-order valence-corrected chi connectivity index (χ0v) is 10.5. The van der Waals surface area contributed by atoms with Gasteiger partial charge < -0.3 is 4.40 Å². The standard InChI is InChI=1S/C15H12N4/c1-11-4-5-14-18-15(12-3-2-8-17-9-12)13(6-7-16)19(14)10-11/h2-5,8-10H,6H2,1H3. The fraction of sp³-hybridized carbons (Fsp3) is 0.133. The van der Waals surface area contributed by atoms with Gasteiger partial charge in [0.05, 0.1) is 23.9 Å². The third-order valence-electron chi connectivity index (χ3n) is 3.05. The summed E-state index contributed by atoms with van der Waals surface area (Å²) in [4.78, 5) is 8.73. The zero-order chi connectivity index (χ0) is 13.2. The van der Waals surface area contributed by atoms with Gasteiger partial charge in [0, 0.05) is 24.2 Å². The van der Waals surface area contributed by atoms with Crippen molar-refractivity contribution in [1.82, 2.24) is 14.4 Å². The molecule has 3 aromatic rings. The molecule has 0 spiro atoms. The number of fused-ring (bicyclic) bond motifs is 1. The van der Waals surface area contributed by atoms with Crippen LogP contribution in [0.4, 0.5) is 0 Å². The molecule has 0 aliphatic heterocycles. The van der Waals surface area contributed by atoms with Gasteiger partial charge in [0.2, 0.25) is 0 Å². The molecule has 0 aliphatic rings. The van der Waals surface area contributed by atoms with Gasteiger partial charge in [0.1, 0.15) is 5.65 Å². The van der Waals surface area contributed by atoms with Gasteiger partial charge in [-0.1, -0.05) is 6.07 Å². The predicted molar refractivity (Wildman–Crippen MR) is 72.5 cm³/mol. The molecule has 4 heteroatoms. The van der Waals surface area contributed by atoms with Gasteiger partial charge in [0.15, 0.2) is 0 Å². The number of aryl methyl sites for hydroxylation is 1. The number of imidazole rings is 1. The van der Waals surface area contributed by atoms with Crippen molar-refractivity contribution in [2.75, 3.05) is 0 Å². The molecule has 0 fully saturated rings. The first-order valence-corrected chi connectivity index (χ1v) is 6.04. The average Bonchev–Trinajstić information content (AvgIpc) is 2.79. The lowest BCUT2D eigenvalue weighted by Gasteiger charge is -2.01. The Kier molecular flexibility index (Phi) is 2.73. The predicted octanol–water partition coefficient (Wildman–Crippen LogP) is 2.77. The summed E-state index contributed by atoms with van der Waals surface area (Å²) >= 11 is 0. The molecule has 0 radical (unpaired) electrons. The number of nitriles is 1. The second-order valence-electron chi connectivity index (χ2n) is 4.42. The Morgan fingerprint density at radius 1 is 1.32 bits per heavy atom. The smallest absolute Gasteiger partial charge is 0.137 e. The largest absolute Gasteiger partial charge is 0.302 e. The lowest BCUT2D eigenvalue weighted by molar-refractivity contribution is 1.04. The van der Waals surface area contributed by atoms with Crippen LogP contribution in [0.3, 0.4) is 0 Å². The Morgan fingerprint density at radius 2 is 2.21 bits per heavy atom. The summed E-state index contributed by atoms with van der Waals surface area (Å²) < 4.78 is 1.99. The van der Waals surface area contributed by atoms with Crippen molar-refractivity contribution >= 4 is 5.65 Å². The third-order valence-corrected chi connectivity index (χ3v) is 3.05. The fourth-order valence-electron chi connectivity index (χ4n) is 2.18. The maximum absolute atomic E-state index is 9.03. The molecule has 0 bridgehead atoms. The monoisotopic (exact) mass is 248 g/mol. The van der Waals surface area contributed by atoms with Crippen molar-refractivity contribution in [2.24, 2.45) is 0 Å². The van der Waals surface area contributed by atoms with Gasteiger partial charge in [-0.25, -0.2) is 4.98 Å². The van der Waals surface area contributed by atoms with E-state index in [9.17, 15) is 0 Å². The van der Waals surface area contributed by atoms with Crippen LogP contribution in [-0.2, 0) is 6.42 Å². The molecular weight excluding hydrogens is 236 g/mol. The third kappa shape index (κ3) is 1.95. The molecule has 0 N–H and O–H groups in total. The first-order valence-electron chi connectivity index (χ1n) is 6.04. The number of rotatable bonds is 2. The highest BCUT2D eigenvalue weighted by atomic mass is 15.0. The van der Waals surface area contributed by atoms with Gasteiger partial charge >= 0.3 is 0 Å². The second-order valence-corrected chi connectivity index (χ2v) is 4.42. The Morgan fingerprint density at radius 3 is 2.95 bits per heavy atom. The first kappa shape index (κ1) is 11.4. The average molecular weight is 248 g/mol. The van der Waals surface area contributed by atoms with E-state index in [1.807, 2.05) is 41.8 Å². The summed E-state index contributed by atoms with van der Waals surface area (Å²) in [6, 6.07) is 10.0. The van der Waals surface area contributed by atoms with Gasteiger partial charge in [-0.15, -0.1) is 0 Å². The molecule has 0 aromatic carbocycles. The molecule has 3 heterocycles. The topological polar surface area (TPSA) is 54.0 Å². The minimum Gasteiger partial charge on any atom is -0.302 e. The fourth-order valence-corrected chi connectivity index (χ4v) is 2.18. The Balaban J connectivity index is 2.30. The van der Waals surface area contributed by atoms with Crippen LogP contribution < -0.4 is 0 Å². The molecule has 3 rings (SSSR count). The van der Waals surface area contributed by atoms with Crippen LogP contribution in [0.15, 0.2) is 42.9 Å². The quantitative estimate of drug-likeness (QED) is 0.700. The van der Waals surface area contributed by atoms with Gasteiger partial charge in [-0.2, -0.15) is 5.26 Å². The first-order chi connectivity index (χ1) is 9.29. The van der Waals surface area contributed by atoms with Crippen LogP contribution in [-0.4, -0.2) is 14.4 Å². The maximum Gasteiger partial charge on any atom is 0.137 e. The van der Waals surface area contributed by atoms with Crippen LogP contribution in [0, 0.1) is 18.3 Å². The normalized spacial score (nSPS) is 10.5. The molecular formula is C15H12N4. The van der Waals surface area contributed by atoms with E-state index in [0.717, 1.165) is 28.2 Å². The minimum absolute atomic E-state index is 0.328. The zero-order valence-electron chi connectivity index (χ0n) is 10.5. The summed E-state index contributed by atoms with van der Waals surface area (Å²) in [6.45, 7) is 2.03. The molecule has 0 aliphatic carbocycles. The lowest BCUT2D eigenvalue weighted by atomic mass is 10.1. The van der Waals surface area contributed by atoms with Crippen molar-refractivity contribution in [3.8, 4) is 17.3 Å². The van der Waals surface area contributed by atoms with Gasteiger partial charge in [-0.05, 0) is 30.7 Å². The molecule has 19 heavy (non-hydrogen) atoms. The lowest BCUT2D eigenvalue weighted by Crippen LogP contribution is -1.94. The SMILES string of the molecule is Cc1ccc2nc(-c3cccnc3)c(CC#N)n2c1. The second kappa shape index (κ2) is 4.54. The molecule has 0 atom stereocenters. The highest BCUT2D eigenvalue weighted by Gasteiger charge is 2.13.